The Kier molecular flexibility index (Phi) is 19.7. The quantitative estimate of drug-likeness (QED) is 0.0253. The summed E-state index contributed by atoms with van der Waals surface area (Å²) in [6.45, 7) is -0.714. The van der Waals surface area contributed by atoms with Crippen LogP contribution in [0.15, 0.2) is 91.3 Å². The van der Waals surface area contributed by atoms with Crippen molar-refractivity contribution in [3.8, 4) is 0 Å². The molecule has 71 heavy (non-hydrogen) atoms. The van der Waals surface area contributed by atoms with Gasteiger partial charge >= 0.3 is 11.9 Å². The minimum Gasteiger partial charge on any atom is -0.481 e. The monoisotopic (exact) mass is 981 g/mol. The van der Waals surface area contributed by atoms with E-state index in [-0.39, 0.29) is 25.7 Å². The normalized spacial score (nSPS) is 14.1. The number of unbranched alkanes of at least 4 members (excludes halogenated alkanes) is 1. The molecule has 0 aliphatic rings. The van der Waals surface area contributed by atoms with Gasteiger partial charge in [0.15, 0.2) is 0 Å². The Morgan fingerprint density at radius 1 is 0.521 bits per heavy atom. The van der Waals surface area contributed by atoms with Gasteiger partial charge in [0.2, 0.25) is 41.4 Å². The number of carbonyl (C=O) groups excluding carboxylic acids is 7. The van der Waals surface area contributed by atoms with Crippen molar-refractivity contribution in [1.82, 2.24) is 41.9 Å². The van der Waals surface area contributed by atoms with Crippen LogP contribution in [0.25, 0.3) is 21.8 Å². The fourth-order valence-electron chi connectivity index (χ4n) is 7.78. The smallest absolute Gasteiger partial charge is 0.326 e. The van der Waals surface area contributed by atoms with Crippen molar-refractivity contribution in [2.24, 2.45) is 17.2 Å². The Bertz CT molecular complexity index is 2690. The number of aliphatic hydroxyl groups excluding tert-OH is 1. The first-order valence-electron chi connectivity index (χ1n) is 22.7. The number of hydrogen-bond acceptors (Lipinski definition) is 12. The predicted octanol–water partition coefficient (Wildman–Crippen LogP) is -1.53. The number of aliphatic carboxylic acids is 2. The summed E-state index contributed by atoms with van der Waals surface area (Å²) in [7, 11) is 0. The number of aromatic amines is 2. The van der Waals surface area contributed by atoms with Crippen molar-refractivity contribution < 1.29 is 58.5 Å². The number of carbonyl (C=O) groups is 9. The Morgan fingerprint density at radius 3 is 1.48 bits per heavy atom. The van der Waals surface area contributed by atoms with Gasteiger partial charge < -0.3 is 74.4 Å². The van der Waals surface area contributed by atoms with Crippen LogP contribution in [0.5, 0.6) is 0 Å². The number of carboxylic acid groups (broad SMARTS) is 2. The third-order valence-electron chi connectivity index (χ3n) is 11.5. The lowest BCUT2D eigenvalue weighted by atomic mass is 10.0. The number of fused-ring (bicyclic) bond motifs is 2. The first-order valence-corrected chi connectivity index (χ1v) is 22.7. The average molecular weight is 982 g/mol. The highest BCUT2D eigenvalue weighted by Crippen LogP contribution is 2.21. The number of benzene rings is 3. The molecule has 0 aliphatic carbocycles. The molecule has 0 saturated carbocycles. The third kappa shape index (κ3) is 15.7. The van der Waals surface area contributed by atoms with E-state index in [9.17, 15) is 58.5 Å². The molecule has 0 unspecified atom stereocenters. The van der Waals surface area contributed by atoms with Crippen LogP contribution in [-0.2, 0) is 62.4 Å². The maximum absolute atomic E-state index is 14.1. The summed E-state index contributed by atoms with van der Waals surface area (Å²) in [5.41, 5.74) is 20.2. The first kappa shape index (κ1) is 53.8. The highest BCUT2D eigenvalue weighted by atomic mass is 16.4. The number of rotatable bonds is 28. The number of primary amides is 1. The Balaban J connectivity index is 1.33. The molecule has 7 amide bonds. The van der Waals surface area contributed by atoms with Crippen LogP contribution in [0.4, 0.5) is 0 Å². The summed E-state index contributed by atoms with van der Waals surface area (Å²) < 4.78 is 0. The van der Waals surface area contributed by atoms with Gasteiger partial charge in [-0.3, -0.25) is 38.4 Å². The summed E-state index contributed by atoms with van der Waals surface area (Å²) >= 11 is 0. The minimum atomic E-state index is -1.85. The van der Waals surface area contributed by atoms with E-state index in [4.69, 9.17) is 17.2 Å². The SMILES string of the molecule is NCCCC[C@H](N)C(=O)N[C@@H](Cc1c[nH]c2ccccc12)C(=O)N[C@@H](CC(=O)O)C(=O)N[C@@H](Cc1ccccc1)C(=O)N[C@@H](CO)C(=O)N[C@@H](CC(N)=O)C(=O)N[C@@H](Cc1c[nH]c2ccccc12)C(=O)O. The molecule has 2 aromatic heterocycles. The maximum atomic E-state index is 14.1. The lowest BCUT2D eigenvalue weighted by molar-refractivity contribution is -0.143. The number of aromatic nitrogens is 2. The summed E-state index contributed by atoms with van der Waals surface area (Å²) in [6, 6.07) is 11.3. The van der Waals surface area contributed by atoms with Crippen LogP contribution < -0.4 is 49.1 Å². The number of nitrogens with one attached hydrogen (secondary N) is 8. The van der Waals surface area contributed by atoms with Crippen molar-refractivity contribution in [1.29, 1.82) is 0 Å². The van der Waals surface area contributed by atoms with E-state index >= 15 is 0 Å². The second kappa shape index (κ2) is 26.0. The van der Waals surface area contributed by atoms with Crippen molar-refractivity contribution in [2.75, 3.05) is 13.2 Å². The van der Waals surface area contributed by atoms with Gasteiger partial charge in [-0.05, 0) is 48.2 Å². The average Bonchev–Trinajstić information content (AvgIpc) is 3.95. The minimum absolute atomic E-state index is 0.116. The van der Waals surface area contributed by atoms with Crippen molar-refractivity contribution in [3.05, 3.63) is 108 Å². The van der Waals surface area contributed by atoms with Crippen molar-refractivity contribution in [3.63, 3.8) is 0 Å². The first-order chi connectivity index (χ1) is 34.0. The van der Waals surface area contributed by atoms with Gasteiger partial charge in [0.05, 0.1) is 25.5 Å². The molecule has 5 rings (SSSR count). The molecule has 7 atom stereocenters. The van der Waals surface area contributed by atoms with Gasteiger partial charge in [-0.25, -0.2) is 4.79 Å². The number of nitrogens with two attached hydrogens (primary N) is 3. The number of para-hydroxylation sites is 2. The zero-order chi connectivity index (χ0) is 51.6. The highest BCUT2D eigenvalue weighted by Gasteiger charge is 2.35. The molecule has 17 N–H and O–H groups in total. The largest absolute Gasteiger partial charge is 0.481 e. The molecule has 378 valence electrons. The topological polar surface area (TPSA) is 396 Å². The summed E-state index contributed by atoms with van der Waals surface area (Å²) in [6.07, 6.45) is 2.21. The molecule has 0 saturated heterocycles. The van der Waals surface area contributed by atoms with Crippen LogP contribution >= 0.6 is 0 Å². The molecule has 23 nitrogen and oxygen atoms in total. The lowest BCUT2D eigenvalue weighted by Gasteiger charge is -2.27. The van der Waals surface area contributed by atoms with Crippen molar-refractivity contribution >= 4 is 75.1 Å². The van der Waals surface area contributed by atoms with Crippen LogP contribution in [0, 0.1) is 0 Å². The van der Waals surface area contributed by atoms with Crippen LogP contribution in [0.3, 0.4) is 0 Å². The van der Waals surface area contributed by atoms with E-state index in [0.717, 1.165) is 10.9 Å². The number of H-pyrrole nitrogens is 2. The van der Waals surface area contributed by atoms with E-state index in [1.807, 2.05) is 0 Å². The Hall–Kier alpha value is -8.15. The zero-order valence-corrected chi connectivity index (χ0v) is 38.5. The second-order valence-electron chi connectivity index (χ2n) is 16.9. The lowest BCUT2D eigenvalue weighted by Crippen LogP contribution is -2.61. The number of aliphatic hydroxyl groups is 1. The van der Waals surface area contributed by atoms with Gasteiger partial charge in [-0.15, -0.1) is 0 Å². The zero-order valence-electron chi connectivity index (χ0n) is 38.5. The molecule has 3 aromatic carbocycles. The molecule has 0 aliphatic heterocycles. The number of amides is 7. The molecule has 23 heteroatoms. The van der Waals surface area contributed by atoms with Gasteiger partial charge in [0.25, 0.3) is 0 Å². The van der Waals surface area contributed by atoms with Crippen LogP contribution in [0.2, 0.25) is 0 Å². The van der Waals surface area contributed by atoms with Gasteiger partial charge in [-0.1, -0.05) is 73.2 Å². The van der Waals surface area contributed by atoms with Gasteiger partial charge in [0, 0.05) is 53.5 Å². The van der Waals surface area contributed by atoms with Crippen LogP contribution in [-0.4, -0.2) is 134 Å². The molecule has 0 fully saturated rings. The molecule has 0 spiro atoms. The van der Waals surface area contributed by atoms with Crippen LogP contribution in [0.1, 0.15) is 48.8 Å². The Morgan fingerprint density at radius 2 is 0.958 bits per heavy atom. The maximum Gasteiger partial charge on any atom is 0.326 e. The molecular weight excluding hydrogens is 923 g/mol. The molecule has 0 radical (unpaired) electrons. The van der Waals surface area contributed by atoms with E-state index in [2.05, 4.69) is 41.9 Å². The third-order valence-corrected chi connectivity index (χ3v) is 11.5. The standard InChI is InChI=1S/C48H59N11O12/c49-17-9-8-14-31(50)42(64)54-35(19-27-23-52-32-15-6-4-12-29(27)32)44(66)57-37(22-41(62)63)46(68)55-34(18-26-10-2-1-3-11-26)43(65)59-39(25-60)47(69)56-36(21-40(51)61)45(67)58-38(48(70)71)20-28-24-53-33-16-7-5-13-30(28)33/h1-7,10-13,15-16,23-24,31,34-39,52-53,60H,8-9,14,17-22,25,49-50H2,(H2,51,61)(H,54,64)(H,55,68)(H,56,69)(H,57,66)(H,58,67)(H,59,65)(H,62,63)(H,70,71)/t31-,34-,35-,36-,37-,38-,39-/m0/s1. The molecule has 2 heterocycles. The van der Waals surface area contributed by atoms with E-state index < -0.39 is 115 Å². The van der Waals surface area contributed by atoms with E-state index in [0.29, 0.717) is 47.0 Å². The molecule has 0 bridgehead atoms. The van der Waals surface area contributed by atoms with Gasteiger partial charge in [0.1, 0.15) is 36.3 Å². The molecular formula is C48H59N11O12. The fraction of sp³-hybridized carbons (Fsp3) is 0.354. The number of carboxylic acids is 2. The number of hydrogen-bond donors (Lipinski definition) is 14. The predicted molar refractivity (Wildman–Crippen MR) is 257 cm³/mol. The van der Waals surface area contributed by atoms with E-state index in [1.165, 1.54) is 0 Å². The Labute approximate surface area is 406 Å². The summed E-state index contributed by atoms with van der Waals surface area (Å²) in [5, 5.41) is 45.9. The molecule has 5 aromatic rings. The van der Waals surface area contributed by atoms with E-state index in [1.54, 1.807) is 91.3 Å². The summed E-state index contributed by atoms with van der Waals surface area (Å²) in [5.74, 6) is -10.2. The van der Waals surface area contributed by atoms with Crippen molar-refractivity contribution in [2.45, 2.75) is 93.7 Å². The highest BCUT2D eigenvalue weighted by molar-refractivity contribution is 5.99. The van der Waals surface area contributed by atoms with Gasteiger partial charge in [-0.2, -0.15) is 0 Å². The second-order valence-corrected chi connectivity index (χ2v) is 16.9. The summed E-state index contributed by atoms with van der Waals surface area (Å²) in [4.78, 5) is 125. The fourth-order valence-corrected chi connectivity index (χ4v) is 7.78.